The van der Waals surface area contributed by atoms with Gasteiger partial charge in [-0.05, 0) is 32.4 Å². The number of likely N-dealkylation sites (tertiary alicyclic amines) is 1. The van der Waals surface area contributed by atoms with E-state index in [1.807, 2.05) is 11.8 Å². The Labute approximate surface area is 111 Å². The third-order valence-electron chi connectivity index (χ3n) is 3.74. The van der Waals surface area contributed by atoms with Gasteiger partial charge in [-0.15, -0.1) is 0 Å². The normalized spacial score (nSPS) is 18.6. The molecule has 1 aliphatic heterocycles. The van der Waals surface area contributed by atoms with Crippen molar-refractivity contribution >= 4 is 18.0 Å². The lowest BCUT2D eigenvalue weighted by Crippen LogP contribution is -2.47. The summed E-state index contributed by atoms with van der Waals surface area (Å²) in [5.74, 6) is -1.21. The lowest BCUT2D eigenvalue weighted by molar-refractivity contribution is -0.152. The van der Waals surface area contributed by atoms with Gasteiger partial charge in [0, 0.05) is 0 Å². The maximum atomic E-state index is 11.5. The van der Waals surface area contributed by atoms with Crippen molar-refractivity contribution in [3.05, 3.63) is 0 Å². The van der Waals surface area contributed by atoms with Gasteiger partial charge in [0.05, 0.1) is 19.1 Å². The number of amides is 2. The number of carbonyl (C=O) groups is 3. The maximum absolute atomic E-state index is 11.5. The third kappa shape index (κ3) is 3.92. The minimum absolute atomic E-state index is 0.0779. The lowest BCUT2D eigenvalue weighted by Gasteiger charge is -2.37. The number of carboxylic acid groups (broad SMARTS) is 1. The van der Waals surface area contributed by atoms with Crippen molar-refractivity contribution in [2.45, 2.75) is 26.2 Å². The van der Waals surface area contributed by atoms with Gasteiger partial charge in [0.25, 0.3) is 0 Å². The molecule has 0 atom stereocenters. The molecule has 7 heteroatoms. The summed E-state index contributed by atoms with van der Waals surface area (Å²) in [5, 5.41) is 11.3. The number of nitrogens with zero attached hydrogens (tertiary/aromatic N) is 1. The second kappa shape index (κ2) is 6.51. The highest BCUT2D eigenvalue weighted by atomic mass is 16.5. The highest BCUT2D eigenvalue weighted by molar-refractivity contribution is 5.92. The number of imide groups is 1. The predicted octanol–water partition coefficient (Wildman–Crippen LogP) is 0.446. The number of aliphatic carboxylic acids is 1. The molecule has 0 bridgehead atoms. The average Bonchev–Trinajstić information content (AvgIpc) is 2.39. The fourth-order valence-electron chi connectivity index (χ4n) is 2.27. The van der Waals surface area contributed by atoms with Crippen LogP contribution in [0.25, 0.3) is 0 Å². The molecule has 2 amide bonds. The Morgan fingerprint density at radius 2 is 1.89 bits per heavy atom. The van der Waals surface area contributed by atoms with Crippen LogP contribution < -0.4 is 5.32 Å². The van der Waals surface area contributed by atoms with Crippen LogP contribution in [0.15, 0.2) is 0 Å². The Hall–Kier alpha value is -1.63. The van der Waals surface area contributed by atoms with Gasteiger partial charge < -0.3 is 9.84 Å². The summed E-state index contributed by atoms with van der Waals surface area (Å²) in [4.78, 5) is 35.4. The molecule has 1 heterocycles. The highest BCUT2D eigenvalue weighted by Gasteiger charge is 2.40. The molecule has 1 aliphatic rings. The monoisotopic (exact) mass is 272 g/mol. The van der Waals surface area contributed by atoms with Crippen molar-refractivity contribution in [3.63, 3.8) is 0 Å². The summed E-state index contributed by atoms with van der Waals surface area (Å²) in [6.07, 6.45) is 0.842. The quantitative estimate of drug-likeness (QED) is 0.771. The van der Waals surface area contributed by atoms with Gasteiger partial charge >= 0.3 is 12.1 Å². The molecule has 0 aromatic carbocycles. The second-order valence-corrected chi connectivity index (χ2v) is 4.75. The SMILES string of the molecule is CCC1(C(=O)O)CCN(CC(=O)NC(=O)OC)CC1. The number of piperidine rings is 1. The van der Waals surface area contributed by atoms with Crippen molar-refractivity contribution in [2.24, 2.45) is 5.41 Å². The summed E-state index contributed by atoms with van der Waals surface area (Å²) in [7, 11) is 1.19. The van der Waals surface area contributed by atoms with Gasteiger partial charge in [0.15, 0.2) is 0 Å². The predicted molar refractivity (Wildman–Crippen MR) is 66.6 cm³/mol. The van der Waals surface area contributed by atoms with E-state index in [-0.39, 0.29) is 6.54 Å². The van der Waals surface area contributed by atoms with Crippen LogP contribution in [0.3, 0.4) is 0 Å². The molecular weight excluding hydrogens is 252 g/mol. The molecule has 0 aliphatic carbocycles. The number of hydrogen-bond acceptors (Lipinski definition) is 5. The molecule has 0 saturated carbocycles. The smallest absolute Gasteiger partial charge is 0.413 e. The summed E-state index contributed by atoms with van der Waals surface area (Å²) < 4.78 is 4.32. The van der Waals surface area contributed by atoms with Gasteiger partial charge in [-0.2, -0.15) is 0 Å². The van der Waals surface area contributed by atoms with Crippen molar-refractivity contribution < 1.29 is 24.2 Å². The standard InChI is InChI=1S/C12H20N2O5/c1-3-12(10(16)17)4-6-14(7-5-12)8-9(15)13-11(18)19-2/h3-8H2,1-2H3,(H,16,17)(H,13,15,18). The first-order valence-corrected chi connectivity index (χ1v) is 6.27. The summed E-state index contributed by atoms with van der Waals surface area (Å²) >= 11 is 0. The summed E-state index contributed by atoms with van der Waals surface area (Å²) in [6.45, 7) is 3.02. The van der Waals surface area contributed by atoms with Gasteiger partial charge in [-0.3, -0.25) is 19.8 Å². The van der Waals surface area contributed by atoms with Crippen LogP contribution in [0.4, 0.5) is 4.79 Å². The van der Waals surface area contributed by atoms with Crippen molar-refractivity contribution in [1.82, 2.24) is 10.2 Å². The molecule has 7 nitrogen and oxygen atoms in total. The van der Waals surface area contributed by atoms with Crippen LogP contribution in [0.5, 0.6) is 0 Å². The number of hydrogen-bond donors (Lipinski definition) is 2. The minimum Gasteiger partial charge on any atom is -0.481 e. The number of alkyl carbamates (subject to hydrolysis) is 1. The fraction of sp³-hybridized carbons (Fsp3) is 0.750. The molecular formula is C12H20N2O5. The lowest BCUT2D eigenvalue weighted by atomic mass is 9.76. The van der Waals surface area contributed by atoms with Crippen LogP contribution in [-0.4, -0.2) is 54.7 Å². The van der Waals surface area contributed by atoms with Gasteiger partial charge in [-0.1, -0.05) is 6.92 Å². The molecule has 2 N–H and O–H groups in total. The van der Waals surface area contributed by atoms with Gasteiger partial charge in [0.1, 0.15) is 0 Å². The van der Waals surface area contributed by atoms with Crippen LogP contribution in [-0.2, 0) is 14.3 Å². The Morgan fingerprint density at radius 1 is 1.32 bits per heavy atom. The molecule has 19 heavy (non-hydrogen) atoms. The molecule has 0 aromatic rings. The van der Waals surface area contributed by atoms with Crippen LogP contribution in [0, 0.1) is 5.41 Å². The first-order chi connectivity index (χ1) is 8.93. The zero-order chi connectivity index (χ0) is 14.5. The fourth-order valence-corrected chi connectivity index (χ4v) is 2.27. The second-order valence-electron chi connectivity index (χ2n) is 4.75. The molecule has 1 fully saturated rings. The Balaban J connectivity index is 2.44. The molecule has 0 radical (unpaired) electrons. The summed E-state index contributed by atoms with van der Waals surface area (Å²) in [6, 6.07) is 0. The number of methoxy groups -OCH3 is 1. The largest absolute Gasteiger partial charge is 0.481 e. The molecule has 108 valence electrons. The van der Waals surface area contributed by atoms with E-state index in [0.717, 1.165) is 0 Å². The van der Waals surface area contributed by atoms with Gasteiger partial charge in [-0.25, -0.2) is 4.79 Å². The van der Waals surface area contributed by atoms with Crippen LogP contribution in [0.2, 0.25) is 0 Å². The minimum atomic E-state index is -0.782. The van der Waals surface area contributed by atoms with E-state index < -0.39 is 23.4 Å². The van der Waals surface area contributed by atoms with E-state index in [9.17, 15) is 19.5 Å². The Kier molecular flexibility index (Phi) is 5.29. The van der Waals surface area contributed by atoms with Crippen molar-refractivity contribution in [2.75, 3.05) is 26.7 Å². The zero-order valence-electron chi connectivity index (χ0n) is 11.3. The average molecular weight is 272 g/mol. The molecule has 1 rings (SSSR count). The molecule has 0 aromatic heterocycles. The molecule has 0 spiro atoms. The van der Waals surface area contributed by atoms with Gasteiger partial charge in [0.2, 0.25) is 5.91 Å². The molecule has 1 saturated heterocycles. The highest BCUT2D eigenvalue weighted by Crippen LogP contribution is 2.34. The summed E-state index contributed by atoms with van der Waals surface area (Å²) in [5.41, 5.74) is -0.671. The number of nitrogens with one attached hydrogen (secondary N) is 1. The Bertz CT molecular complexity index is 361. The topological polar surface area (TPSA) is 95.9 Å². The molecule has 0 unspecified atom stereocenters. The van der Waals surface area contributed by atoms with Crippen molar-refractivity contribution in [3.8, 4) is 0 Å². The third-order valence-corrected chi connectivity index (χ3v) is 3.74. The zero-order valence-corrected chi connectivity index (χ0v) is 11.3. The number of ether oxygens (including phenoxy) is 1. The van der Waals surface area contributed by atoms with E-state index >= 15 is 0 Å². The first kappa shape index (κ1) is 15.4. The number of carbonyl (C=O) groups excluding carboxylic acids is 2. The van der Waals surface area contributed by atoms with E-state index in [1.165, 1.54) is 7.11 Å². The van der Waals surface area contributed by atoms with E-state index in [0.29, 0.717) is 32.4 Å². The van der Waals surface area contributed by atoms with Crippen LogP contribution >= 0.6 is 0 Å². The van der Waals surface area contributed by atoms with E-state index in [4.69, 9.17) is 0 Å². The van der Waals surface area contributed by atoms with E-state index in [2.05, 4.69) is 10.1 Å². The number of rotatable bonds is 4. The van der Waals surface area contributed by atoms with Crippen molar-refractivity contribution in [1.29, 1.82) is 0 Å². The first-order valence-electron chi connectivity index (χ1n) is 6.27. The Morgan fingerprint density at radius 3 is 2.32 bits per heavy atom. The number of carboxylic acids is 1. The van der Waals surface area contributed by atoms with E-state index in [1.54, 1.807) is 0 Å². The maximum Gasteiger partial charge on any atom is 0.413 e. The van der Waals surface area contributed by atoms with Crippen LogP contribution in [0.1, 0.15) is 26.2 Å².